The fraction of sp³-hybridized carbons (Fsp3) is 0.278. The summed E-state index contributed by atoms with van der Waals surface area (Å²) in [4.78, 5) is 23.2. The smallest absolute Gasteiger partial charge is 0.293 e. The summed E-state index contributed by atoms with van der Waals surface area (Å²) in [5.41, 5.74) is 1.06. The molecule has 0 spiro atoms. The number of hydrogen-bond acceptors (Lipinski definition) is 6. The lowest BCUT2D eigenvalue weighted by molar-refractivity contribution is -0.383. The van der Waals surface area contributed by atoms with Gasteiger partial charge in [-0.1, -0.05) is 18.2 Å². The molecule has 1 fully saturated rings. The molecule has 0 radical (unpaired) electrons. The van der Waals surface area contributed by atoms with E-state index in [1.165, 1.54) is 18.2 Å². The molecule has 8 nitrogen and oxygen atoms in total. The van der Waals surface area contributed by atoms with Crippen molar-refractivity contribution in [2.45, 2.75) is 6.10 Å². The Hall–Kier alpha value is -2.68. The zero-order chi connectivity index (χ0) is 18.5. The van der Waals surface area contributed by atoms with Crippen molar-refractivity contribution >= 4 is 35.4 Å². The maximum atomic E-state index is 12.3. The first kappa shape index (κ1) is 20.6. The lowest BCUT2D eigenvalue weighted by Crippen LogP contribution is -2.34. The van der Waals surface area contributed by atoms with Crippen molar-refractivity contribution in [2.75, 3.05) is 25.0 Å². The first-order chi connectivity index (χ1) is 12.5. The number of amides is 1. The molecular weight excluding hydrogens is 372 g/mol. The second-order valence-corrected chi connectivity index (χ2v) is 6.18. The number of aliphatic hydroxyl groups excluding tert-OH is 1. The first-order valence-corrected chi connectivity index (χ1v) is 8.32. The van der Waals surface area contributed by atoms with E-state index < -0.39 is 16.9 Å². The number of benzene rings is 2. The standard InChI is InChI=1S/C18H20N4O4.ClH/c23-17-11-19-9-13(17)10-20-18(24)12-6-7-15(16(8-12)22(25)26)21-14-4-2-1-3-5-14;/h1-8,13,17,19,21,23H,9-11H2,(H,20,24);1H. The molecule has 9 heteroatoms. The summed E-state index contributed by atoms with van der Waals surface area (Å²) in [6.45, 7) is 1.44. The number of nitro benzene ring substituents is 1. The van der Waals surface area contributed by atoms with Crippen LogP contribution in [0, 0.1) is 16.0 Å². The van der Waals surface area contributed by atoms with E-state index in [1.807, 2.05) is 18.2 Å². The number of aliphatic hydroxyl groups is 1. The van der Waals surface area contributed by atoms with E-state index in [0.717, 1.165) is 5.69 Å². The van der Waals surface area contributed by atoms with Crippen LogP contribution in [0.2, 0.25) is 0 Å². The van der Waals surface area contributed by atoms with Gasteiger partial charge < -0.3 is 21.1 Å². The number of halogens is 1. The summed E-state index contributed by atoms with van der Waals surface area (Å²) in [6.07, 6.45) is -0.498. The molecule has 1 aliphatic heterocycles. The highest BCUT2D eigenvalue weighted by molar-refractivity contribution is 5.96. The van der Waals surface area contributed by atoms with Crippen molar-refractivity contribution in [3.63, 3.8) is 0 Å². The predicted octanol–water partition coefficient (Wildman–Crippen LogP) is 2.07. The number of nitro groups is 1. The number of carbonyl (C=O) groups excluding carboxylic acids is 1. The second kappa shape index (κ2) is 9.31. The molecule has 1 heterocycles. The minimum absolute atomic E-state index is 0. The third-order valence-electron chi connectivity index (χ3n) is 4.34. The molecule has 2 unspecified atom stereocenters. The molecule has 2 aromatic rings. The SMILES string of the molecule is Cl.O=C(NCC1CNCC1O)c1ccc(Nc2ccccc2)c([N+](=O)[O-])c1. The first-order valence-electron chi connectivity index (χ1n) is 8.32. The molecule has 1 amide bonds. The van der Waals surface area contributed by atoms with Gasteiger partial charge in [0.15, 0.2) is 0 Å². The molecule has 1 aliphatic rings. The topological polar surface area (TPSA) is 117 Å². The summed E-state index contributed by atoms with van der Waals surface area (Å²) in [5.74, 6) is -0.466. The molecule has 27 heavy (non-hydrogen) atoms. The number of carbonyl (C=O) groups is 1. The third kappa shape index (κ3) is 5.16. The molecule has 2 aromatic carbocycles. The zero-order valence-electron chi connectivity index (χ0n) is 14.4. The third-order valence-corrected chi connectivity index (χ3v) is 4.34. The largest absolute Gasteiger partial charge is 0.391 e. The van der Waals surface area contributed by atoms with Crippen LogP contribution in [0.25, 0.3) is 0 Å². The van der Waals surface area contributed by atoms with E-state index in [0.29, 0.717) is 25.3 Å². The van der Waals surface area contributed by atoms with Crippen LogP contribution in [0.4, 0.5) is 17.1 Å². The van der Waals surface area contributed by atoms with Crippen molar-refractivity contribution in [3.8, 4) is 0 Å². The van der Waals surface area contributed by atoms with Gasteiger partial charge in [0.05, 0.1) is 11.0 Å². The Kier molecular flexibility index (Phi) is 7.12. The molecule has 0 saturated carbocycles. The van der Waals surface area contributed by atoms with E-state index >= 15 is 0 Å². The Morgan fingerprint density at radius 3 is 2.59 bits per heavy atom. The average molecular weight is 393 g/mol. The van der Waals surface area contributed by atoms with Crippen LogP contribution in [-0.4, -0.2) is 41.7 Å². The maximum absolute atomic E-state index is 12.3. The van der Waals surface area contributed by atoms with Crippen LogP contribution in [0.5, 0.6) is 0 Å². The molecule has 0 bridgehead atoms. The molecule has 0 aromatic heterocycles. The number of nitrogens with one attached hydrogen (secondary N) is 3. The van der Waals surface area contributed by atoms with Crippen LogP contribution in [0.3, 0.4) is 0 Å². The highest BCUT2D eigenvalue weighted by Crippen LogP contribution is 2.28. The summed E-state index contributed by atoms with van der Waals surface area (Å²) in [5, 5.41) is 29.9. The highest BCUT2D eigenvalue weighted by Gasteiger charge is 2.25. The normalized spacial score (nSPS) is 18.4. The highest BCUT2D eigenvalue weighted by atomic mass is 35.5. The van der Waals surface area contributed by atoms with Gasteiger partial charge in [-0.15, -0.1) is 12.4 Å². The molecule has 144 valence electrons. The number of anilines is 2. The van der Waals surface area contributed by atoms with Gasteiger partial charge in [0.25, 0.3) is 11.6 Å². The zero-order valence-corrected chi connectivity index (χ0v) is 15.2. The lowest BCUT2D eigenvalue weighted by Gasteiger charge is -2.14. The molecule has 2 atom stereocenters. The number of hydrogen-bond donors (Lipinski definition) is 4. The number of β-amino-alcohol motifs (C(OH)–C–C–N with tert-alkyl or cyclic N) is 1. The van der Waals surface area contributed by atoms with Crippen molar-refractivity contribution in [1.29, 1.82) is 0 Å². The van der Waals surface area contributed by atoms with Crippen LogP contribution in [0.15, 0.2) is 48.5 Å². The van der Waals surface area contributed by atoms with Gasteiger partial charge in [-0.05, 0) is 24.3 Å². The summed E-state index contributed by atoms with van der Waals surface area (Å²) in [7, 11) is 0. The number of rotatable bonds is 6. The summed E-state index contributed by atoms with van der Waals surface area (Å²) < 4.78 is 0. The lowest BCUT2D eigenvalue weighted by atomic mass is 10.1. The van der Waals surface area contributed by atoms with Gasteiger partial charge in [-0.2, -0.15) is 0 Å². The van der Waals surface area contributed by atoms with Crippen LogP contribution < -0.4 is 16.0 Å². The summed E-state index contributed by atoms with van der Waals surface area (Å²) in [6, 6.07) is 13.4. The van der Waals surface area contributed by atoms with Gasteiger partial charge >= 0.3 is 0 Å². The van der Waals surface area contributed by atoms with E-state index in [1.54, 1.807) is 12.1 Å². The Morgan fingerprint density at radius 1 is 1.22 bits per heavy atom. The van der Waals surface area contributed by atoms with Gasteiger partial charge in [-0.25, -0.2) is 0 Å². The van der Waals surface area contributed by atoms with Crippen LogP contribution >= 0.6 is 12.4 Å². The number of para-hydroxylation sites is 1. The van der Waals surface area contributed by atoms with Crippen molar-refractivity contribution in [2.24, 2.45) is 5.92 Å². The number of nitrogens with zero attached hydrogens (tertiary/aromatic N) is 1. The van der Waals surface area contributed by atoms with Crippen molar-refractivity contribution in [1.82, 2.24) is 10.6 Å². The molecule has 3 rings (SSSR count). The maximum Gasteiger partial charge on any atom is 0.293 e. The van der Waals surface area contributed by atoms with Crippen molar-refractivity contribution in [3.05, 3.63) is 64.2 Å². The Morgan fingerprint density at radius 2 is 1.96 bits per heavy atom. The van der Waals surface area contributed by atoms with Crippen LogP contribution in [-0.2, 0) is 0 Å². The van der Waals surface area contributed by atoms with Crippen molar-refractivity contribution < 1.29 is 14.8 Å². The molecular formula is C18H21ClN4O4. The quantitative estimate of drug-likeness (QED) is 0.441. The van der Waals surface area contributed by atoms with Gasteiger partial charge in [0, 0.05) is 42.9 Å². The predicted molar refractivity (Wildman–Crippen MR) is 105 cm³/mol. The minimum Gasteiger partial charge on any atom is -0.391 e. The Balaban J connectivity index is 0.00000261. The summed E-state index contributed by atoms with van der Waals surface area (Å²) >= 11 is 0. The molecule has 4 N–H and O–H groups in total. The van der Waals surface area contributed by atoms with E-state index in [4.69, 9.17) is 0 Å². The average Bonchev–Trinajstić information content (AvgIpc) is 3.05. The second-order valence-electron chi connectivity index (χ2n) is 6.18. The molecule has 0 aliphatic carbocycles. The Labute approximate surface area is 162 Å². The fourth-order valence-electron chi connectivity index (χ4n) is 2.86. The fourth-order valence-corrected chi connectivity index (χ4v) is 2.86. The molecule has 1 saturated heterocycles. The van der Waals surface area contributed by atoms with Gasteiger partial charge in [-0.3, -0.25) is 14.9 Å². The van der Waals surface area contributed by atoms with E-state index in [9.17, 15) is 20.0 Å². The van der Waals surface area contributed by atoms with Gasteiger partial charge in [0.1, 0.15) is 5.69 Å². The van der Waals surface area contributed by atoms with E-state index in [2.05, 4.69) is 16.0 Å². The van der Waals surface area contributed by atoms with E-state index in [-0.39, 0.29) is 29.6 Å². The Bertz CT molecular complexity index is 803. The van der Waals surface area contributed by atoms with Gasteiger partial charge in [0.2, 0.25) is 0 Å². The van der Waals surface area contributed by atoms with Crippen LogP contribution in [0.1, 0.15) is 10.4 Å². The monoisotopic (exact) mass is 392 g/mol. The minimum atomic E-state index is -0.521.